The van der Waals surface area contributed by atoms with Crippen molar-refractivity contribution in [2.75, 3.05) is 28.0 Å². The van der Waals surface area contributed by atoms with Gasteiger partial charge in [0.2, 0.25) is 5.91 Å². The van der Waals surface area contributed by atoms with Crippen molar-refractivity contribution in [3.8, 4) is 5.75 Å². The number of carbonyl (C=O) groups is 2. The standard InChI is InChI=1S/C30H31F3N8O3S/c1-18(2)23-11-5-19(3)13-24(23)41-26(42)16-45-29(41)37-28(43)36-25-12-6-20(14-34-25)15-39(4)27-35-17-40(38-27)21-7-9-22(10-8-21)44-30(31,32)33/h5-14,17-18,27,38H,15-16H2,1-4H3,(H,34,36,43)/b37-29-. The summed E-state index contributed by atoms with van der Waals surface area (Å²) in [5.41, 5.74) is 7.30. The number of nitrogens with zero attached hydrogens (tertiary/aromatic N) is 6. The zero-order valence-electron chi connectivity index (χ0n) is 24.9. The summed E-state index contributed by atoms with van der Waals surface area (Å²) in [7, 11) is 1.84. The van der Waals surface area contributed by atoms with E-state index in [2.05, 4.69) is 30.4 Å². The Kier molecular flexibility index (Phi) is 9.41. The van der Waals surface area contributed by atoms with Crippen molar-refractivity contribution in [3.05, 3.63) is 77.5 Å². The van der Waals surface area contributed by atoms with Crippen LogP contribution in [0.3, 0.4) is 0 Å². The van der Waals surface area contributed by atoms with E-state index in [9.17, 15) is 22.8 Å². The molecule has 11 nitrogen and oxygen atoms in total. The normalized spacial score (nSPS) is 17.7. The van der Waals surface area contributed by atoms with Crippen molar-refractivity contribution in [3.63, 3.8) is 0 Å². The van der Waals surface area contributed by atoms with Gasteiger partial charge in [0.15, 0.2) is 11.5 Å². The highest BCUT2D eigenvalue weighted by molar-refractivity contribution is 8.15. The number of amidine groups is 1. The number of hydrogen-bond donors (Lipinski definition) is 2. The highest BCUT2D eigenvalue weighted by atomic mass is 32.2. The molecule has 45 heavy (non-hydrogen) atoms. The van der Waals surface area contributed by atoms with Crippen LogP contribution in [0.25, 0.3) is 0 Å². The maximum absolute atomic E-state index is 12.8. The fourth-order valence-electron chi connectivity index (χ4n) is 4.69. The molecule has 0 aliphatic carbocycles. The van der Waals surface area contributed by atoms with Gasteiger partial charge < -0.3 is 4.74 Å². The lowest BCUT2D eigenvalue weighted by Crippen LogP contribution is -2.45. The third-order valence-corrected chi connectivity index (χ3v) is 7.77. The molecule has 1 atom stereocenters. The zero-order valence-corrected chi connectivity index (χ0v) is 25.7. The Morgan fingerprint density at radius 3 is 2.62 bits per heavy atom. The van der Waals surface area contributed by atoms with Gasteiger partial charge in [0.1, 0.15) is 17.9 Å². The Morgan fingerprint density at radius 2 is 1.96 bits per heavy atom. The summed E-state index contributed by atoms with van der Waals surface area (Å²) in [6, 6.07) is 14.2. The van der Waals surface area contributed by atoms with Crippen LogP contribution in [0.4, 0.5) is 35.2 Å². The minimum Gasteiger partial charge on any atom is -0.406 e. The van der Waals surface area contributed by atoms with Crippen LogP contribution in [0.1, 0.15) is 36.5 Å². The summed E-state index contributed by atoms with van der Waals surface area (Å²) in [5.74, 6) is 0.222. The summed E-state index contributed by atoms with van der Waals surface area (Å²) in [6.45, 7) is 6.50. The van der Waals surface area contributed by atoms with Gasteiger partial charge in [-0.3, -0.25) is 24.9 Å². The molecule has 0 spiro atoms. The maximum Gasteiger partial charge on any atom is 0.573 e. The summed E-state index contributed by atoms with van der Waals surface area (Å²) in [6.07, 6.45) is -2.03. The van der Waals surface area contributed by atoms with Crippen LogP contribution in [0.15, 0.2) is 70.8 Å². The molecule has 236 valence electrons. The molecular formula is C30H31F3N8O3S. The summed E-state index contributed by atoms with van der Waals surface area (Å²) in [5, 5.41) is 4.57. The lowest BCUT2D eigenvalue weighted by atomic mass is 9.99. The van der Waals surface area contributed by atoms with E-state index in [-0.39, 0.29) is 23.3 Å². The SMILES string of the molecule is Cc1ccc(C(C)C)c(N2C(=O)CS/C2=N\C(=O)Nc2ccc(CN(C)C3N=CN(c4ccc(OC(F)(F)F)cc4)N3)cn2)c1. The first-order valence-electron chi connectivity index (χ1n) is 13.9. The summed E-state index contributed by atoms with van der Waals surface area (Å²) >= 11 is 1.21. The average molecular weight is 641 g/mol. The predicted molar refractivity (Wildman–Crippen MR) is 168 cm³/mol. The summed E-state index contributed by atoms with van der Waals surface area (Å²) < 4.78 is 41.2. The molecule has 5 rings (SSSR count). The number of hydrogen-bond acceptors (Lipinski definition) is 9. The molecule has 0 radical (unpaired) electrons. The van der Waals surface area contributed by atoms with E-state index in [1.165, 1.54) is 40.9 Å². The highest BCUT2D eigenvalue weighted by Gasteiger charge is 2.33. The van der Waals surface area contributed by atoms with Gasteiger partial charge in [-0.15, -0.1) is 13.2 Å². The molecule has 1 saturated heterocycles. The number of aryl methyl sites for hydroxylation is 1. The van der Waals surface area contributed by atoms with Crippen molar-refractivity contribution >= 4 is 52.4 Å². The monoisotopic (exact) mass is 640 g/mol. The Morgan fingerprint density at radius 1 is 1.20 bits per heavy atom. The average Bonchev–Trinajstić information content (AvgIpc) is 3.60. The number of alkyl halides is 3. The van der Waals surface area contributed by atoms with E-state index in [1.54, 1.807) is 23.6 Å². The molecule has 3 amide bonds. The van der Waals surface area contributed by atoms with Crippen LogP contribution >= 0.6 is 11.8 Å². The number of aromatic nitrogens is 1. The van der Waals surface area contributed by atoms with Gasteiger partial charge in [-0.1, -0.05) is 43.8 Å². The molecule has 3 heterocycles. The van der Waals surface area contributed by atoms with Crippen LogP contribution in [0, 0.1) is 6.92 Å². The van der Waals surface area contributed by atoms with Crippen molar-refractivity contribution < 1.29 is 27.5 Å². The van der Waals surface area contributed by atoms with E-state index >= 15 is 0 Å². The summed E-state index contributed by atoms with van der Waals surface area (Å²) in [4.78, 5) is 42.0. The second-order valence-electron chi connectivity index (χ2n) is 10.7. The van der Waals surface area contributed by atoms with E-state index < -0.39 is 18.7 Å². The van der Waals surface area contributed by atoms with E-state index in [0.717, 1.165) is 22.4 Å². The molecule has 1 fully saturated rings. The number of thioether (sulfide) groups is 1. The fourth-order valence-corrected chi connectivity index (χ4v) is 5.55. The quantitative estimate of drug-likeness (QED) is 0.315. The Bertz CT molecular complexity index is 1610. The Balaban J connectivity index is 1.17. The first-order valence-corrected chi connectivity index (χ1v) is 14.9. The number of nitrogens with one attached hydrogen (secondary N) is 2. The smallest absolute Gasteiger partial charge is 0.406 e. The van der Waals surface area contributed by atoms with Gasteiger partial charge in [0.25, 0.3) is 0 Å². The van der Waals surface area contributed by atoms with Gasteiger partial charge in [0.05, 0.1) is 17.1 Å². The maximum atomic E-state index is 12.8. The van der Waals surface area contributed by atoms with Crippen LogP contribution in [0.5, 0.6) is 5.75 Å². The molecular weight excluding hydrogens is 609 g/mol. The number of benzene rings is 2. The molecule has 3 aromatic rings. The predicted octanol–water partition coefficient (Wildman–Crippen LogP) is 5.85. The number of anilines is 3. The number of urea groups is 1. The van der Waals surface area contributed by atoms with E-state index in [4.69, 9.17) is 0 Å². The molecule has 2 N–H and O–H groups in total. The van der Waals surface area contributed by atoms with E-state index in [0.29, 0.717) is 23.2 Å². The van der Waals surface area contributed by atoms with E-state index in [1.807, 2.05) is 57.0 Å². The minimum absolute atomic E-state index is 0.136. The van der Waals surface area contributed by atoms with Gasteiger partial charge in [-0.05, 0) is 73.0 Å². The van der Waals surface area contributed by atoms with Crippen LogP contribution in [-0.4, -0.2) is 58.8 Å². The first-order chi connectivity index (χ1) is 21.4. The molecule has 2 aliphatic rings. The number of halogens is 3. The highest BCUT2D eigenvalue weighted by Crippen LogP contribution is 2.34. The van der Waals surface area contributed by atoms with Crippen molar-refractivity contribution in [1.82, 2.24) is 15.3 Å². The molecule has 2 aliphatic heterocycles. The lowest BCUT2D eigenvalue weighted by molar-refractivity contribution is -0.274. The lowest BCUT2D eigenvalue weighted by Gasteiger charge is -2.25. The van der Waals surface area contributed by atoms with Crippen molar-refractivity contribution in [2.45, 2.75) is 45.9 Å². The molecule has 0 bridgehead atoms. The van der Waals surface area contributed by atoms with Gasteiger partial charge in [0, 0.05) is 12.7 Å². The number of pyridine rings is 1. The molecule has 2 aromatic carbocycles. The Labute approximate surface area is 262 Å². The topological polar surface area (TPSA) is 115 Å². The third-order valence-electron chi connectivity index (χ3n) is 6.85. The van der Waals surface area contributed by atoms with Crippen LogP contribution in [-0.2, 0) is 11.3 Å². The second-order valence-corrected chi connectivity index (χ2v) is 11.6. The van der Waals surface area contributed by atoms with Gasteiger partial charge >= 0.3 is 12.4 Å². The Hall–Kier alpha value is -4.47. The van der Waals surface area contributed by atoms with Crippen molar-refractivity contribution in [1.29, 1.82) is 0 Å². The molecule has 15 heteroatoms. The van der Waals surface area contributed by atoms with Crippen LogP contribution in [0.2, 0.25) is 0 Å². The zero-order chi connectivity index (χ0) is 32.3. The third kappa shape index (κ3) is 7.98. The van der Waals surface area contributed by atoms with Gasteiger partial charge in [-0.2, -0.15) is 10.4 Å². The number of amides is 3. The number of carbonyl (C=O) groups excluding carboxylic acids is 2. The minimum atomic E-state index is -4.76. The van der Waals surface area contributed by atoms with Crippen molar-refractivity contribution in [2.24, 2.45) is 9.98 Å². The van der Waals surface area contributed by atoms with Crippen LogP contribution < -0.4 is 25.4 Å². The fraction of sp³-hybridized carbons (Fsp3) is 0.300. The molecule has 1 aromatic heterocycles. The number of rotatable bonds is 8. The number of ether oxygens (including phenoxy) is 1. The number of hydrazine groups is 1. The largest absolute Gasteiger partial charge is 0.573 e. The van der Waals surface area contributed by atoms with Gasteiger partial charge in [-0.25, -0.2) is 14.8 Å². The second kappa shape index (κ2) is 13.3. The first kappa shape index (κ1) is 31.9. The number of aliphatic imine (C=N–C) groups is 2. The molecule has 0 saturated carbocycles. The molecule has 1 unspecified atom stereocenters.